The van der Waals surface area contributed by atoms with Gasteiger partial charge in [0.2, 0.25) is 11.8 Å². The van der Waals surface area contributed by atoms with Crippen LogP contribution < -0.4 is 10.9 Å². The highest BCUT2D eigenvalue weighted by Crippen LogP contribution is 2.69. The predicted molar refractivity (Wildman–Crippen MR) is 137 cm³/mol. The maximum absolute atomic E-state index is 13.7. The summed E-state index contributed by atoms with van der Waals surface area (Å²) in [5, 5.41) is 0.206. The molecule has 0 radical (unpaired) electrons. The molecule has 0 aromatic heterocycles. The minimum atomic E-state index is -1.33. The maximum atomic E-state index is 13.7. The zero-order valence-corrected chi connectivity index (χ0v) is 21.3. The number of halogens is 3. The molecule has 4 aliphatic rings. The van der Waals surface area contributed by atoms with Crippen molar-refractivity contribution in [2.45, 2.75) is 9.75 Å². The molecule has 3 aromatic rings. The molecule has 186 valence electrons. The van der Waals surface area contributed by atoms with Crippen molar-refractivity contribution < 1.29 is 19.2 Å². The van der Waals surface area contributed by atoms with Crippen LogP contribution in [0.4, 0.5) is 0 Å². The van der Waals surface area contributed by atoms with Gasteiger partial charge < -0.3 is 0 Å². The van der Waals surface area contributed by atoms with E-state index in [2.05, 4.69) is 10.9 Å². The van der Waals surface area contributed by atoms with Crippen LogP contribution >= 0.6 is 34.8 Å². The van der Waals surface area contributed by atoms with E-state index in [1.54, 1.807) is 12.1 Å². The van der Waals surface area contributed by atoms with Crippen LogP contribution in [0.3, 0.4) is 0 Å². The Labute approximate surface area is 226 Å². The van der Waals surface area contributed by atoms with Gasteiger partial charge in [-0.2, -0.15) is 0 Å². The van der Waals surface area contributed by atoms with Gasteiger partial charge in [-0.3, -0.25) is 34.9 Å². The maximum Gasteiger partial charge on any atom is 0.271 e. The molecular formula is C27H18Cl3N3O4. The van der Waals surface area contributed by atoms with E-state index >= 15 is 0 Å². The van der Waals surface area contributed by atoms with Crippen LogP contribution in [0, 0.1) is 11.8 Å². The van der Waals surface area contributed by atoms with E-state index in [0.29, 0.717) is 22.3 Å². The van der Waals surface area contributed by atoms with Gasteiger partial charge in [0.1, 0.15) is 16.3 Å². The molecule has 3 aliphatic carbocycles. The molecule has 2 atom stereocenters. The Balaban J connectivity index is 1.31. The topological polar surface area (TPSA) is 95.6 Å². The number of hydrazine groups is 1. The number of likely N-dealkylation sites (tertiary alicyclic amines) is 1. The van der Waals surface area contributed by atoms with Gasteiger partial charge in [-0.25, -0.2) is 0 Å². The Morgan fingerprint density at radius 2 is 1.16 bits per heavy atom. The van der Waals surface area contributed by atoms with E-state index < -0.39 is 51.8 Å². The lowest BCUT2D eigenvalue weighted by Crippen LogP contribution is -2.57. The number of hydrogen-bond acceptors (Lipinski definition) is 4. The molecule has 7 nitrogen and oxygen atoms in total. The summed E-state index contributed by atoms with van der Waals surface area (Å²) in [5.41, 5.74) is 7.34. The quantitative estimate of drug-likeness (QED) is 0.293. The monoisotopic (exact) mass is 553 g/mol. The average molecular weight is 555 g/mol. The normalized spacial score (nSPS) is 26.8. The van der Waals surface area contributed by atoms with Gasteiger partial charge in [-0.1, -0.05) is 72.3 Å². The van der Waals surface area contributed by atoms with Crippen molar-refractivity contribution in [1.82, 2.24) is 15.8 Å². The first kappa shape index (κ1) is 24.0. The van der Waals surface area contributed by atoms with Gasteiger partial charge in [-0.05, 0) is 34.4 Å². The summed E-state index contributed by atoms with van der Waals surface area (Å²) in [6.45, 7) is -0.611. The van der Waals surface area contributed by atoms with Crippen molar-refractivity contribution in [3.8, 4) is 0 Å². The Bertz CT molecular complexity index is 1400. The molecule has 10 heteroatoms. The molecular weight excluding hydrogens is 537 g/mol. The van der Waals surface area contributed by atoms with Crippen LogP contribution in [0.1, 0.15) is 32.6 Å². The first-order valence-corrected chi connectivity index (χ1v) is 12.6. The van der Waals surface area contributed by atoms with Crippen LogP contribution in [-0.2, 0) is 24.1 Å². The average Bonchev–Trinajstić information content (AvgIpc) is 3.16. The van der Waals surface area contributed by atoms with Gasteiger partial charge >= 0.3 is 0 Å². The highest BCUT2D eigenvalue weighted by atomic mass is 35.5. The fourth-order valence-electron chi connectivity index (χ4n) is 5.90. The third kappa shape index (κ3) is 3.14. The largest absolute Gasteiger partial charge is 0.274 e. The standard InChI is InChI=1S/C27H18Cl3N3O4/c28-19-12-6-1-7-14(19)23(35)32-31-20(34)13-33-24(36)21-22(25(33)37)27(30)16-9-3-2-8-15(16)26(21,29)17-10-4-5-11-18(17)27/h1-12,21-22H,13H2,(H,31,34)(H,32,35)/t21-,22-,26?,27?/m1/s1. The molecule has 37 heavy (non-hydrogen) atoms. The summed E-state index contributed by atoms with van der Waals surface area (Å²) in [5.74, 6) is -4.60. The third-order valence-electron chi connectivity index (χ3n) is 7.41. The van der Waals surface area contributed by atoms with Crippen molar-refractivity contribution in [2.75, 3.05) is 6.54 Å². The van der Waals surface area contributed by atoms with Gasteiger partial charge in [0.05, 0.1) is 22.4 Å². The van der Waals surface area contributed by atoms with Gasteiger partial charge in [-0.15, -0.1) is 23.2 Å². The fourth-order valence-corrected chi connectivity index (χ4v) is 7.22. The number of carbonyl (C=O) groups excluding carboxylic acids is 4. The molecule has 1 heterocycles. The third-order valence-corrected chi connectivity index (χ3v) is 9.03. The number of benzene rings is 3. The van der Waals surface area contributed by atoms with Crippen molar-refractivity contribution in [3.63, 3.8) is 0 Å². The van der Waals surface area contributed by atoms with E-state index in [0.717, 1.165) is 4.90 Å². The SMILES string of the molecule is O=C(CN1C(=O)[C@H]2[C@H](C1=O)C1(Cl)c3ccccc3C2(Cl)c2ccccc21)NNC(=O)c1ccccc1Cl. The number of nitrogens with zero attached hydrogens (tertiary/aromatic N) is 1. The van der Waals surface area contributed by atoms with E-state index in [1.807, 2.05) is 48.5 Å². The minimum absolute atomic E-state index is 0.157. The smallest absolute Gasteiger partial charge is 0.271 e. The molecule has 7 rings (SSSR count). The van der Waals surface area contributed by atoms with Gasteiger partial charge in [0, 0.05) is 0 Å². The zero-order valence-electron chi connectivity index (χ0n) is 19.0. The Morgan fingerprint density at radius 3 is 1.62 bits per heavy atom. The molecule has 1 fully saturated rings. The van der Waals surface area contributed by atoms with Crippen LogP contribution in [0.2, 0.25) is 5.02 Å². The number of carbonyl (C=O) groups is 4. The van der Waals surface area contributed by atoms with Crippen molar-refractivity contribution >= 4 is 58.4 Å². The number of imide groups is 1. The zero-order chi connectivity index (χ0) is 26.1. The van der Waals surface area contributed by atoms with Gasteiger partial charge in [0.25, 0.3) is 11.8 Å². The molecule has 1 aliphatic heterocycles. The highest BCUT2D eigenvalue weighted by molar-refractivity contribution is 6.36. The lowest BCUT2D eigenvalue weighted by Gasteiger charge is -2.54. The van der Waals surface area contributed by atoms with E-state index in [9.17, 15) is 19.2 Å². The number of rotatable bonds is 3. The fraction of sp³-hybridized carbons (Fsp3) is 0.185. The summed E-state index contributed by atoms with van der Waals surface area (Å²) >= 11 is 20.7. The summed E-state index contributed by atoms with van der Waals surface area (Å²) in [6.07, 6.45) is 0. The first-order chi connectivity index (χ1) is 17.7. The van der Waals surface area contributed by atoms with Gasteiger partial charge in [0.15, 0.2) is 0 Å². The second-order valence-corrected chi connectivity index (χ2v) is 10.8. The molecule has 2 N–H and O–H groups in total. The summed E-state index contributed by atoms with van der Waals surface area (Å²) in [6, 6.07) is 20.9. The van der Waals surface area contributed by atoms with Crippen molar-refractivity contribution in [2.24, 2.45) is 11.8 Å². The number of nitrogens with one attached hydrogen (secondary N) is 2. The lowest BCUT2D eigenvalue weighted by atomic mass is 9.54. The van der Waals surface area contributed by atoms with Crippen LogP contribution in [-0.4, -0.2) is 35.1 Å². The summed E-state index contributed by atoms with van der Waals surface area (Å²) in [4.78, 5) is 50.8. The second-order valence-electron chi connectivity index (χ2n) is 9.21. The Kier molecular flexibility index (Phi) is 5.39. The van der Waals surface area contributed by atoms with Crippen LogP contribution in [0.15, 0.2) is 72.8 Å². The number of alkyl halides is 2. The molecule has 0 saturated carbocycles. The first-order valence-electron chi connectivity index (χ1n) is 11.5. The minimum Gasteiger partial charge on any atom is -0.274 e. The summed E-state index contributed by atoms with van der Waals surface area (Å²) in [7, 11) is 0. The van der Waals surface area contributed by atoms with Crippen LogP contribution in [0.25, 0.3) is 0 Å². The van der Waals surface area contributed by atoms with E-state index in [4.69, 9.17) is 34.8 Å². The van der Waals surface area contributed by atoms with E-state index in [-0.39, 0.29) is 10.6 Å². The molecule has 3 aromatic carbocycles. The lowest BCUT2D eigenvalue weighted by molar-refractivity contribution is -0.143. The number of hydrogen-bond donors (Lipinski definition) is 2. The Hall–Kier alpha value is -3.39. The van der Waals surface area contributed by atoms with Crippen LogP contribution in [0.5, 0.6) is 0 Å². The molecule has 4 amide bonds. The summed E-state index contributed by atoms with van der Waals surface area (Å²) < 4.78 is 0. The van der Waals surface area contributed by atoms with Crippen molar-refractivity contribution in [3.05, 3.63) is 106 Å². The van der Waals surface area contributed by atoms with Crippen molar-refractivity contribution in [1.29, 1.82) is 0 Å². The molecule has 0 unspecified atom stereocenters. The van der Waals surface area contributed by atoms with E-state index in [1.165, 1.54) is 12.1 Å². The molecule has 0 spiro atoms. The Morgan fingerprint density at radius 1 is 0.730 bits per heavy atom. The molecule has 1 saturated heterocycles. The number of amides is 4. The highest BCUT2D eigenvalue weighted by Gasteiger charge is 2.73. The molecule has 2 bridgehead atoms. The second kappa shape index (κ2) is 8.31. The predicted octanol–water partition coefficient (Wildman–Crippen LogP) is 3.69.